The maximum atomic E-state index is 14.5. The number of ether oxygens (including phenoxy) is 1. The van der Waals surface area contributed by atoms with Crippen LogP contribution in [0.2, 0.25) is 0 Å². The van der Waals surface area contributed by atoms with Crippen molar-refractivity contribution < 1.29 is 49.8 Å². The van der Waals surface area contributed by atoms with E-state index in [0.717, 1.165) is 5.32 Å². The number of carbonyl (C=O) groups excluding carboxylic acids is 2. The van der Waals surface area contributed by atoms with Crippen LogP contribution < -0.4 is 20.7 Å². The van der Waals surface area contributed by atoms with Crippen molar-refractivity contribution in [3.05, 3.63) is 29.8 Å². The van der Waals surface area contributed by atoms with Crippen molar-refractivity contribution in [3.63, 3.8) is 0 Å². The fourth-order valence-corrected chi connectivity index (χ4v) is 5.09. The Bertz CT molecular complexity index is 1020. The Morgan fingerprint density at radius 2 is 1.74 bits per heavy atom. The number of rotatable bonds is 11. The molecule has 1 fully saturated rings. The molecule has 1 unspecified atom stereocenters. The molecule has 4 N–H and O–H groups in total. The number of hydrogen-bond donors (Lipinski definition) is 5. The lowest BCUT2D eigenvalue weighted by Crippen LogP contribution is -2.61. The van der Waals surface area contributed by atoms with Gasteiger partial charge in [-0.15, -0.1) is 12.4 Å². The van der Waals surface area contributed by atoms with E-state index in [4.69, 9.17) is 4.74 Å². The highest BCUT2D eigenvalue weighted by atomic mass is 35.5. The number of nitrogens with one attached hydrogen (secondary N) is 3. The molecule has 5 atom stereocenters. The molecule has 0 aliphatic carbocycles. The highest BCUT2D eigenvalue weighted by Crippen LogP contribution is 2.33. The van der Waals surface area contributed by atoms with E-state index in [2.05, 4.69) is 10.6 Å². The summed E-state index contributed by atoms with van der Waals surface area (Å²) in [5.74, 6) is -8.67. The van der Waals surface area contributed by atoms with E-state index >= 15 is 0 Å². The van der Waals surface area contributed by atoms with Crippen LogP contribution in [0.1, 0.15) is 31.1 Å². The quantitative estimate of drug-likeness (QED) is 0.194. The molecule has 0 bridgehead atoms. The van der Waals surface area contributed by atoms with Crippen molar-refractivity contribution in [2.24, 2.45) is 11.8 Å². The molecule has 0 spiro atoms. The summed E-state index contributed by atoms with van der Waals surface area (Å²) in [6.45, 7) is 0.829. The molecule has 1 heterocycles. The SMILES string of the molecule is COc1ccc(C([C@H]2CN[C@H](C(=O)N[C@@H](C(C)C)[C@@H](O)C(F)(F)C(=O)NCC(F)(F)F)C2)[SH](=O)=O)cc1.Cl. The van der Waals surface area contributed by atoms with Crippen molar-refractivity contribution in [2.45, 2.75) is 55.8 Å². The number of methoxy groups -OCH3 is 1. The average molecular weight is 596 g/mol. The third-order valence-electron chi connectivity index (χ3n) is 6.10. The normalized spacial score (nSPS) is 20.4. The van der Waals surface area contributed by atoms with Gasteiger partial charge in [-0.25, -0.2) is 8.42 Å². The molecule has 16 heteroatoms. The molecule has 1 aliphatic heterocycles. The summed E-state index contributed by atoms with van der Waals surface area (Å²) in [6.07, 6.45) is -7.74. The van der Waals surface area contributed by atoms with E-state index in [0.29, 0.717) is 11.3 Å². The van der Waals surface area contributed by atoms with Crippen molar-refractivity contribution in [1.29, 1.82) is 0 Å². The summed E-state index contributed by atoms with van der Waals surface area (Å²) in [6, 6.07) is 3.65. The lowest BCUT2D eigenvalue weighted by molar-refractivity contribution is -0.174. The number of benzene rings is 1. The third kappa shape index (κ3) is 8.64. The van der Waals surface area contributed by atoms with Crippen LogP contribution in [0.25, 0.3) is 0 Å². The van der Waals surface area contributed by atoms with Crippen LogP contribution >= 0.6 is 12.4 Å². The largest absolute Gasteiger partial charge is 0.497 e. The second-order valence-electron chi connectivity index (χ2n) is 9.10. The smallest absolute Gasteiger partial charge is 0.405 e. The van der Waals surface area contributed by atoms with E-state index < -0.39 is 76.4 Å². The Kier molecular flexibility index (Phi) is 12.2. The van der Waals surface area contributed by atoms with Gasteiger partial charge in [-0.3, -0.25) is 9.59 Å². The number of aliphatic hydroxyl groups excluding tert-OH is 1. The Balaban J connectivity index is 0.00000722. The van der Waals surface area contributed by atoms with Gasteiger partial charge in [0.1, 0.15) is 29.1 Å². The van der Waals surface area contributed by atoms with Crippen molar-refractivity contribution in [3.8, 4) is 5.75 Å². The Morgan fingerprint density at radius 3 is 2.21 bits per heavy atom. The second-order valence-corrected chi connectivity index (χ2v) is 10.2. The Hall–Kier alpha value is -2.23. The van der Waals surface area contributed by atoms with E-state index in [1.807, 2.05) is 0 Å². The predicted molar refractivity (Wildman–Crippen MR) is 130 cm³/mol. The van der Waals surface area contributed by atoms with Crippen LogP contribution in [-0.2, 0) is 20.3 Å². The molecule has 1 saturated heterocycles. The molecule has 9 nitrogen and oxygen atoms in total. The second kappa shape index (κ2) is 13.7. The maximum absolute atomic E-state index is 14.5. The number of thiol groups is 1. The van der Waals surface area contributed by atoms with Gasteiger partial charge in [-0.1, -0.05) is 26.0 Å². The van der Waals surface area contributed by atoms with Gasteiger partial charge in [0, 0.05) is 6.54 Å². The van der Waals surface area contributed by atoms with Gasteiger partial charge >= 0.3 is 12.1 Å². The standard InChI is InChI=1S/C22H30F5N3O6S.ClH/c1-11(2)16(18(31)22(26,27)20(33)29-10-21(23,24)25)30-19(32)15-8-13(9-28-15)17(37(34)35)12-4-6-14(36-3)7-5-12;/h4-7,11,13,15-18,28,31,37H,8-10H2,1-3H3,(H,29,33)(H,30,32);1H/t13-,15+,16+,17?,18-;/m1./s1. The predicted octanol–water partition coefficient (Wildman–Crippen LogP) is 1.56. The Labute approximate surface area is 224 Å². The van der Waals surface area contributed by atoms with Gasteiger partial charge in [-0.2, -0.15) is 22.0 Å². The van der Waals surface area contributed by atoms with Crippen molar-refractivity contribution in [1.82, 2.24) is 16.0 Å². The zero-order valence-corrected chi connectivity index (χ0v) is 22.3. The van der Waals surface area contributed by atoms with E-state index in [1.54, 1.807) is 24.3 Å². The summed E-state index contributed by atoms with van der Waals surface area (Å²) in [5, 5.41) is 15.3. The molecule has 2 amide bonds. The van der Waals surface area contributed by atoms with Gasteiger partial charge in [-0.05, 0) is 36.0 Å². The first kappa shape index (κ1) is 33.8. The lowest BCUT2D eigenvalue weighted by atomic mass is 9.92. The highest BCUT2D eigenvalue weighted by molar-refractivity contribution is 7.72. The molecular formula is C22H31ClF5N3O6S. The molecule has 218 valence electrons. The van der Waals surface area contributed by atoms with E-state index in [1.165, 1.54) is 21.0 Å². The molecule has 0 radical (unpaired) electrons. The summed E-state index contributed by atoms with van der Waals surface area (Å²) in [4.78, 5) is 24.5. The molecule has 1 aromatic rings. The van der Waals surface area contributed by atoms with E-state index in [9.17, 15) is 45.1 Å². The number of carbonyl (C=O) groups is 2. The minimum Gasteiger partial charge on any atom is -0.497 e. The number of alkyl halides is 5. The topological polar surface area (TPSA) is 134 Å². The summed E-state index contributed by atoms with van der Waals surface area (Å²) < 4.78 is 94.9. The first-order valence-corrected chi connectivity index (χ1v) is 12.5. The summed E-state index contributed by atoms with van der Waals surface area (Å²) >= 11 is 0. The first-order chi connectivity index (χ1) is 17.1. The van der Waals surface area contributed by atoms with Crippen LogP contribution in [-0.4, -0.2) is 75.8 Å². The van der Waals surface area contributed by atoms with Gasteiger partial charge < -0.3 is 25.8 Å². The zero-order valence-electron chi connectivity index (χ0n) is 20.6. The average Bonchev–Trinajstić information content (AvgIpc) is 3.29. The van der Waals surface area contributed by atoms with Crippen LogP contribution in [0.15, 0.2) is 24.3 Å². The molecule has 0 aromatic heterocycles. The molecule has 1 aromatic carbocycles. The number of amides is 2. The molecule has 1 aliphatic rings. The van der Waals surface area contributed by atoms with Gasteiger partial charge in [0.25, 0.3) is 5.91 Å². The third-order valence-corrected chi connectivity index (χ3v) is 7.28. The van der Waals surface area contributed by atoms with Gasteiger partial charge in [0.15, 0.2) is 0 Å². The minimum absolute atomic E-state index is 0. The Morgan fingerprint density at radius 1 is 1.16 bits per heavy atom. The summed E-state index contributed by atoms with van der Waals surface area (Å²) in [7, 11) is -1.50. The van der Waals surface area contributed by atoms with Crippen molar-refractivity contribution in [2.75, 3.05) is 20.2 Å². The van der Waals surface area contributed by atoms with Crippen LogP contribution in [0, 0.1) is 11.8 Å². The first-order valence-electron chi connectivity index (χ1n) is 11.3. The van der Waals surface area contributed by atoms with Crippen LogP contribution in [0.3, 0.4) is 0 Å². The fourth-order valence-electron chi connectivity index (χ4n) is 4.10. The van der Waals surface area contributed by atoms with Crippen LogP contribution in [0.4, 0.5) is 22.0 Å². The van der Waals surface area contributed by atoms with Crippen LogP contribution in [0.5, 0.6) is 5.75 Å². The molecule has 38 heavy (non-hydrogen) atoms. The number of halogens is 6. The number of aliphatic hydroxyl groups is 1. The van der Waals surface area contributed by atoms with Crippen molar-refractivity contribution >= 4 is 34.9 Å². The highest BCUT2D eigenvalue weighted by Gasteiger charge is 2.52. The minimum atomic E-state index is -4.94. The number of hydrogen-bond acceptors (Lipinski definition) is 7. The lowest BCUT2D eigenvalue weighted by Gasteiger charge is -2.32. The molecule has 0 saturated carbocycles. The summed E-state index contributed by atoms with van der Waals surface area (Å²) in [5.41, 5.74) is 0.477. The monoisotopic (exact) mass is 595 g/mol. The molecule has 2 rings (SSSR count). The van der Waals surface area contributed by atoms with Gasteiger partial charge in [0.2, 0.25) is 5.91 Å². The van der Waals surface area contributed by atoms with Gasteiger partial charge in [0.05, 0.1) is 24.4 Å². The van der Waals surface area contributed by atoms with E-state index in [-0.39, 0.29) is 25.4 Å². The maximum Gasteiger partial charge on any atom is 0.405 e. The zero-order chi connectivity index (χ0) is 28.1. The molecular weight excluding hydrogens is 565 g/mol. The fraction of sp³-hybridized carbons (Fsp3) is 0.636.